The van der Waals surface area contributed by atoms with E-state index < -0.39 is 0 Å². The molecule has 276 valence electrons. The van der Waals surface area contributed by atoms with Crippen LogP contribution < -0.4 is 0 Å². The van der Waals surface area contributed by atoms with Gasteiger partial charge in [0.2, 0.25) is 0 Å². The maximum atomic E-state index is 4.57. The molecule has 0 aliphatic rings. The van der Waals surface area contributed by atoms with Gasteiger partial charge < -0.3 is 14.9 Å². The predicted octanol–water partition coefficient (Wildman–Crippen LogP) is 13.0. The minimum atomic E-state index is 0. The molecule has 0 bridgehead atoms. The second kappa shape index (κ2) is 21.7. The van der Waals surface area contributed by atoms with E-state index in [1.54, 1.807) is 0 Å². The number of halogens is 2. The molecule has 4 heterocycles. The molecule has 4 aromatic carbocycles. The van der Waals surface area contributed by atoms with Crippen molar-refractivity contribution < 1.29 is 23.3 Å². The van der Waals surface area contributed by atoms with E-state index in [1.165, 1.54) is 67.1 Å². The van der Waals surface area contributed by atoms with Crippen LogP contribution in [0, 0.1) is 14.9 Å². The third kappa shape index (κ3) is 10.6. The summed E-state index contributed by atoms with van der Waals surface area (Å²) in [4.78, 5) is 18.2. The van der Waals surface area contributed by atoms with Crippen LogP contribution in [0.25, 0.3) is 66.6 Å². The third-order valence-electron chi connectivity index (χ3n) is 8.83. The van der Waals surface area contributed by atoms with Gasteiger partial charge in [-0.3, -0.25) is 19.9 Å². The molecule has 4 aromatic heterocycles. The minimum absolute atomic E-state index is 0. The van der Waals surface area contributed by atoms with Crippen LogP contribution in [0.2, 0.25) is 0 Å². The maximum absolute atomic E-state index is 4.57. The van der Waals surface area contributed by atoms with Crippen molar-refractivity contribution in [3.8, 4) is 45.0 Å². The molecule has 8 aromatic rings. The van der Waals surface area contributed by atoms with Crippen molar-refractivity contribution in [3.05, 3.63) is 172 Å². The summed E-state index contributed by atoms with van der Waals surface area (Å²) in [6, 6.07) is 42.2. The molecule has 0 aliphatic carbocycles. The van der Waals surface area contributed by atoms with Crippen molar-refractivity contribution in [2.24, 2.45) is 0 Å². The molecule has 0 atom stereocenters. The average molecular weight is 845 g/mol. The molecule has 54 heavy (non-hydrogen) atoms. The standard InChI is InChI=1S/2C22H19N2.2CH3.2ClH.Si.Zr/c2*1-15(2)16-11-17-12-18(21-7-3-5-9-23-21)14-20(19(17)13-16)22-8-4-6-10-24-22;;;;;;/h2*3-15H,1-2H3;2*1H3;2*1H;;/q4*-1;;;;. The van der Waals surface area contributed by atoms with Crippen molar-refractivity contribution in [1.82, 2.24) is 19.9 Å². The Balaban J connectivity index is 0.000000334. The molecular formula is C46H46Cl2N4SiZr-4. The van der Waals surface area contributed by atoms with Gasteiger partial charge in [-0.05, 0) is 82.6 Å². The zero-order chi connectivity index (χ0) is 35.0. The van der Waals surface area contributed by atoms with E-state index in [0.717, 1.165) is 33.9 Å². The third-order valence-corrected chi connectivity index (χ3v) is 8.83. The van der Waals surface area contributed by atoms with Crippen LogP contribution in [0.3, 0.4) is 0 Å². The van der Waals surface area contributed by atoms with Gasteiger partial charge in [0.25, 0.3) is 0 Å². The fraction of sp³-hybridized carbons (Fsp3) is 0.130. The molecule has 0 spiro atoms. The summed E-state index contributed by atoms with van der Waals surface area (Å²) in [5, 5.41) is 5.03. The Morgan fingerprint density at radius 2 is 0.778 bits per heavy atom. The summed E-state index contributed by atoms with van der Waals surface area (Å²) in [6.07, 6.45) is 7.37. The first-order valence-electron chi connectivity index (χ1n) is 16.8. The van der Waals surface area contributed by atoms with Crippen LogP contribution in [-0.2, 0) is 23.3 Å². The van der Waals surface area contributed by atoms with E-state index >= 15 is 0 Å². The molecule has 0 fully saturated rings. The number of hydrogen-bond donors (Lipinski definition) is 0. The molecule has 8 heteroatoms. The van der Waals surface area contributed by atoms with Gasteiger partial charge >= 0.3 is 30.2 Å². The van der Waals surface area contributed by atoms with Gasteiger partial charge in [-0.2, -0.15) is 12.1 Å². The fourth-order valence-corrected chi connectivity index (χ4v) is 6.19. The predicted molar refractivity (Wildman–Crippen MR) is 233 cm³/mol. The normalized spacial score (nSPS) is 10.1. The van der Waals surface area contributed by atoms with Gasteiger partial charge in [-0.25, -0.2) is 0 Å². The van der Waals surface area contributed by atoms with Gasteiger partial charge in [0.1, 0.15) is 0 Å². The molecule has 0 aliphatic heterocycles. The van der Waals surface area contributed by atoms with E-state index in [4.69, 9.17) is 0 Å². The Hall–Kier alpha value is -4.06. The van der Waals surface area contributed by atoms with Gasteiger partial charge in [0.15, 0.2) is 0 Å². The van der Waals surface area contributed by atoms with Crippen molar-refractivity contribution in [1.29, 1.82) is 0 Å². The van der Waals surface area contributed by atoms with E-state index in [1.807, 2.05) is 73.3 Å². The summed E-state index contributed by atoms with van der Waals surface area (Å²) in [7, 11) is 0. The molecule has 2 radical (unpaired) electrons. The Morgan fingerprint density at radius 3 is 1.06 bits per heavy atom. The van der Waals surface area contributed by atoms with Crippen LogP contribution in [0.15, 0.2) is 146 Å². The number of nitrogens with zero attached hydrogens (tertiary/aromatic N) is 4. The first kappa shape index (κ1) is 46.1. The molecule has 0 amide bonds. The number of fused-ring (bicyclic) bond motifs is 2. The number of benzene rings is 2. The van der Waals surface area contributed by atoms with Crippen molar-refractivity contribution in [2.75, 3.05) is 0 Å². The van der Waals surface area contributed by atoms with E-state index in [2.05, 4.69) is 127 Å². The molecular weight excluding hydrogens is 799 g/mol. The molecule has 8 rings (SSSR count). The van der Waals surface area contributed by atoms with Crippen LogP contribution >= 0.6 is 24.8 Å². The molecule has 0 saturated carbocycles. The van der Waals surface area contributed by atoms with Gasteiger partial charge in [0.05, 0.1) is 22.8 Å². The summed E-state index contributed by atoms with van der Waals surface area (Å²) in [6.45, 7) is 12.0. The van der Waals surface area contributed by atoms with Crippen LogP contribution in [0.5, 0.6) is 0 Å². The molecule has 0 N–H and O–H groups in total. The second-order valence-electron chi connectivity index (χ2n) is 12.8. The summed E-state index contributed by atoms with van der Waals surface area (Å²) < 4.78 is 0. The van der Waals surface area contributed by atoms with Crippen LogP contribution in [-0.4, -0.2) is 26.8 Å². The Morgan fingerprint density at radius 1 is 0.463 bits per heavy atom. The summed E-state index contributed by atoms with van der Waals surface area (Å²) in [5.41, 5.74) is 11.3. The average Bonchev–Trinajstić information content (AvgIpc) is 3.82. The Kier molecular flexibility index (Phi) is 18.6. The SMILES string of the molecule is CC(C)c1cc2c(-c3ccccn3)cc(-c3ccccn3)cc2[cH-]1.CC(C)c1cc2c(-c3ccccn3)cc(-c3ccccn3)cc2[cH-]1.Cl.Cl.[CH3-].[CH3-].[Si]=[Zr]. The van der Waals surface area contributed by atoms with Gasteiger partial charge in [-0.1, -0.05) is 64.1 Å². The summed E-state index contributed by atoms with van der Waals surface area (Å²) >= 11 is 1.36. The van der Waals surface area contributed by atoms with Crippen LogP contribution in [0.1, 0.15) is 50.7 Å². The van der Waals surface area contributed by atoms with Gasteiger partial charge in [-0.15, -0.1) is 81.8 Å². The van der Waals surface area contributed by atoms with E-state index in [9.17, 15) is 0 Å². The molecule has 4 nitrogen and oxygen atoms in total. The zero-order valence-electron chi connectivity index (χ0n) is 31.6. The van der Waals surface area contributed by atoms with Crippen molar-refractivity contribution in [2.45, 2.75) is 39.5 Å². The second-order valence-corrected chi connectivity index (χ2v) is 12.8. The monoisotopic (exact) mass is 842 g/mol. The van der Waals surface area contributed by atoms with Crippen molar-refractivity contribution in [3.63, 3.8) is 0 Å². The van der Waals surface area contributed by atoms with E-state index in [-0.39, 0.29) is 39.7 Å². The molecule has 0 unspecified atom stereocenters. The number of aromatic nitrogens is 4. The summed E-state index contributed by atoms with van der Waals surface area (Å²) in [5.74, 6) is 1.01. The Labute approximate surface area is 350 Å². The van der Waals surface area contributed by atoms with Gasteiger partial charge in [0, 0.05) is 24.8 Å². The zero-order valence-corrected chi connectivity index (χ0v) is 36.7. The first-order valence-corrected chi connectivity index (χ1v) is 21.0. The fourth-order valence-electron chi connectivity index (χ4n) is 6.19. The number of pyridine rings is 4. The Bertz CT molecular complexity index is 2140. The number of rotatable bonds is 6. The van der Waals surface area contributed by atoms with E-state index in [0.29, 0.717) is 11.8 Å². The first-order chi connectivity index (χ1) is 24.4. The number of hydrogen-bond acceptors (Lipinski definition) is 4. The van der Waals surface area contributed by atoms with Crippen molar-refractivity contribution >= 4 is 53.2 Å². The molecule has 0 saturated heterocycles. The topological polar surface area (TPSA) is 51.6 Å². The van der Waals surface area contributed by atoms with Crippen LogP contribution in [0.4, 0.5) is 0 Å². The quantitative estimate of drug-likeness (QED) is 0.124.